The summed E-state index contributed by atoms with van der Waals surface area (Å²) in [4.78, 5) is 22.1. The van der Waals surface area contributed by atoms with E-state index >= 15 is 0 Å². The Morgan fingerprint density at radius 3 is 1.82 bits per heavy atom. The number of rotatable bonds is 14. The fourth-order valence-corrected chi connectivity index (χ4v) is 1.43. The second kappa shape index (κ2) is 12.3. The molecule has 0 amide bonds. The van der Waals surface area contributed by atoms with Crippen molar-refractivity contribution in [2.75, 3.05) is 39.6 Å². The molecule has 0 aliphatic carbocycles. The van der Waals surface area contributed by atoms with Gasteiger partial charge in [0.05, 0.1) is 39.3 Å². The summed E-state index contributed by atoms with van der Waals surface area (Å²) in [6.45, 7) is 7.24. The first-order valence-corrected chi connectivity index (χ1v) is 7.30. The lowest BCUT2D eigenvalue weighted by molar-refractivity contribution is -0.356. The molecule has 0 atom stereocenters. The van der Waals surface area contributed by atoms with Crippen LogP contribution in [0, 0.1) is 0 Å². The first-order chi connectivity index (χ1) is 10.4. The van der Waals surface area contributed by atoms with E-state index in [0.29, 0.717) is 26.4 Å². The number of carboxylic acid groups (broad SMARTS) is 1. The van der Waals surface area contributed by atoms with Gasteiger partial charge in [-0.25, -0.2) is 0 Å². The standard InChI is InChI=1S/C14H26O8/c1-4-18-8-10-20-14(3,21-11-9-19-5-2)22-13(17)7-6-12(15)16/h4-11H2,1-3H3,(H,15,16). The van der Waals surface area contributed by atoms with Crippen LogP contribution in [0.25, 0.3) is 0 Å². The number of carbonyl (C=O) groups excluding carboxylic acids is 1. The van der Waals surface area contributed by atoms with Gasteiger partial charge in [0, 0.05) is 20.1 Å². The smallest absolute Gasteiger partial charge is 0.326 e. The molecule has 0 unspecified atom stereocenters. The molecular formula is C14H26O8. The van der Waals surface area contributed by atoms with Crippen LogP contribution < -0.4 is 0 Å². The van der Waals surface area contributed by atoms with E-state index < -0.39 is 17.9 Å². The molecule has 130 valence electrons. The van der Waals surface area contributed by atoms with Crippen LogP contribution in [-0.2, 0) is 33.3 Å². The predicted octanol–water partition coefficient (Wildman–Crippen LogP) is 1.17. The third-order valence-electron chi connectivity index (χ3n) is 2.43. The second-order valence-corrected chi connectivity index (χ2v) is 4.32. The molecule has 8 nitrogen and oxygen atoms in total. The largest absolute Gasteiger partial charge is 0.481 e. The van der Waals surface area contributed by atoms with Crippen LogP contribution in [-0.4, -0.2) is 62.7 Å². The van der Waals surface area contributed by atoms with E-state index in [1.54, 1.807) is 0 Å². The van der Waals surface area contributed by atoms with Gasteiger partial charge in [0.25, 0.3) is 0 Å². The van der Waals surface area contributed by atoms with Crippen LogP contribution in [0.2, 0.25) is 0 Å². The fourth-order valence-electron chi connectivity index (χ4n) is 1.43. The van der Waals surface area contributed by atoms with E-state index in [1.807, 2.05) is 13.8 Å². The van der Waals surface area contributed by atoms with Crippen molar-refractivity contribution in [3.63, 3.8) is 0 Å². The van der Waals surface area contributed by atoms with E-state index in [9.17, 15) is 9.59 Å². The van der Waals surface area contributed by atoms with Gasteiger partial charge in [-0.15, -0.1) is 0 Å². The Kier molecular flexibility index (Phi) is 11.7. The molecule has 0 fully saturated rings. The van der Waals surface area contributed by atoms with Crippen LogP contribution in [0.5, 0.6) is 0 Å². The number of carbonyl (C=O) groups is 2. The lowest BCUT2D eigenvalue weighted by Crippen LogP contribution is -2.40. The Labute approximate surface area is 130 Å². The highest BCUT2D eigenvalue weighted by Crippen LogP contribution is 2.16. The number of esters is 1. The molecule has 0 aliphatic heterocycles. The van der Waals surface area contributed by atoms with Crippen molar-refractivity contribution in [3.05, 3.63) is 0 Å². The van der Waals surface area contributed by atoms with Crippen molar-refractivity contribution < 1.29 is 38.4 Å². The molecule has 22 heavy (non-hydrogen) atoms. The molecule has 0 aromatic carbocycles. The minimum Gasteiger partial charge on any atom is -0.481 e. The highest BCUT2D eigenvalue weighted by atomic mass is 16.9. The molecule has 0 bridgehead atoms. The lowest BCUT2D eigenvalue weighted by atomic mass is 10.3. The average Bonchev–Trinajstić information content (AvgIpc) is 2.46. The molecule has 0 heterocycles. The summed E-state index contributed by atoms with van der Waals surface area (Å²) in [6.07, 6.45) is -0.568. The van der Waals surface area contributed by atoms with Gasteiger partial charge < -0.3 is 28.8 Å². The van der Waals surface area contributed by atoms with Crippen molar-refractivity contribution in [3.8, 4) is 0 Å². The van der Waals surface area contributed by atoms with Gasteiger partial charge in [0.15, 0.2) is 0 Å². The number of hydrogen-bond acceptors (Lipinski definition) is 7. The summed E-state index contributed by atoms with van der Waals surface area (Å²) < 4.78 is 26.1. The molecule has 0 aromatic rings. The molecular weight excluding hydrogens is 296 g/mol. The zero-order chi connectivity index (χ0) is 16.8. The average molecular weight is 322 g/mol. The van der Waals surface area contributed by atoms with Crippen LogP contribution >= 0.6 is 0 Å². The number of aliphatic carboxylic acids is 1. The lowest BCUT2D eigenvalue weighted by Gasteiger charge is -2.29. The summed E-state index contributed by atoms with van der Waals surface area (Å²) in [6, 6.07) is 0. The molecule has 0 radical (unpaired) electrons. The van der Waals surface area contributed by atoms with Gasteiger partial charge in [0.2, 0.25) is 0 Å². The Bertz CT molecular complexity index is 306. The van der Waals surface area contributed by atoms with Gasteiger partial charge in [-0.05, 0) is 13.8 Å². The van der Waals surface area contributed by atoms with Crippen molar-refractivity contribution >= 4 is 11.9 Å². The number of hydrogen-bond donors (Lipinski definition) is 1. The van der Waals surface area contributed by atoms with E-state index in [-0.39, 0.29) is 26.1 Å². The Balaban J connectivity index is 4.34. The maximum atomic E-state index is 11.6. The third-order valence-corrected chi connectivity index (χ3v) is 2.43. The van der Waals surface area contributed by atoms with Crippen LogP contribution in [0.15, 0.2) is 0 Å². The van der Waals surface area contributed by atoms with Gasteiger partial charge in [-0.2, -0.15) is 0 Å². The molecule has 0 saturated heterocycles. The zero-order valence-corrected chi connectivity index (χ0v) is 13.5. The number of carboxylic acids is 1. The monoisotopic (exact) mass is 322 g/mol. The van der Waals surface area contributed by atoms with Crippen LogP contribution in [0.3, 0.4) is 0 Å². The van der Waals surface area contributed by atoms with Crippen molar-refractivity contribution in [1.82, 2.24) is 0 Å². The number of ether oxygens (including phenoxy) is 5. The molecule has 0 saturated carbocycles. The molecule has 0 spiro atoms. The summed E-state index contributed by atoms with van der Waals surface area (Å²) in [5.74, 6) is -3.38. The van der Waals surface area contributed by atoms with E-state index in [4.69, 9.17) is 28.8 Å². The molecule has 0 aliphatic rings. The van der Waals surface area contributed by atoms with Gasteiger partial charge in [-0.1, -0.05) is 0 Å². The molecule has 0 rings (SSSR count). The van der Waals surface area contributed by atoms with Gasteiger partial charge >= 0.3 is 17.9 Å². The quantitative estimate of drug-likeness (QED) is 0.289. The highest BCUT2D eigenvalue weighted by molar-refractivity contribution is 5.76. The third kappa shape index (κ3) is 11.4. The Morgan fingerprint density at radius 2 is 1.41 bits per heavy atom. The predicted molar refractivity (Wildman–Crippen MR) is 76.3 cm³/mol. The molecule has 0 aromatic heterocycles. The first-order valence-electron chi connectivity index (χ1n) is 7.30. The Hall–Kier alpha value is -1.22. The van der Waals surface area contributed by atoms with Gasteiger partial charge in [-0.3, -0.25) is 9.59 Å². The summed E-state index contributed by atoms with van der Waals surface area (Å²) in [5.41, 5.74) is 0. The maximum absolute atomic E-state index is 11.6. The highest BCUT2D eigenvalue weighted by Gasteiger charge is 2.31. The zero-order valence-electron chi connectivity index (χ0n) is 13.5. The topological polar surface area (TPSA) is 101 Å². The molecule has 1 N–H and O–H groups in total. The summed E-state index contributed by atoms with van der Waals surface area (Å²) in [7, 11) is 0. The SMILES string of the molecule is CCOCCOC(C)(OCCOCC)OC(=O)CCC(=O)O. The minimum atomic E-state index is -1.59. The van der Waals surface area contributed by atoms with Crippen molar-refractivity contribution in [2.24, 2.45) is 0 Å². The van der Waals surface area contributed by atoms with Crippen molar-refractivity contribution in [1.29, 1.82) is 0 Å². The summed E-state index contributed by atoms with van der Waals surface area (Å²) >= 11 is 0. The maximum Gasteiger partial charge on any atom is 0.326 e. The van der Waals surface area contributed by atoms with Crippen LogP contribution in [0.1, 0.15) is 33.6 Å². The second-order valence-electron chi connectivity index (χ2n) is 4.32. The Morgan fingerprint density at radius 1 is 0.909 bits per heavy atom. The van der Waals surface area contributed by atoms with E-state index in [0.717, 1.165) is 0 Å². The minimum absolute atomic E-state index is 0.172. The van der Waals surface area contributed by atoms with Crippen molar-refractivity contribution in [2.45, 2.75) is 39.6 Å². The fraction of sp³-hybridized carbons (Fsp3) is 0.857. The normalized spacial score (nSPS) is 11.4. The summed E-state index contributed by atoms with van der Waals surface area (Å²) in [5, 5.41) is 8.56. The first kappa shape index (κ1) is 20.8. The van der Waals surface area contributed by atoms with Crippen LogP contribution in [0.4, 0.5) is 0 Å². The molecule has 8 heteroatoms. The van der Waals surface area contributed by atoms with E-state index in [1.165, 1.54) is 6.92 Å². The van der Waals surface area contributed by atoms with Gasteiger partial charge in [0.1, 0.15) is 0 Å². The van der Waals surface area contributed by atoms with E-state index in [2.05, 4.69) is 0 Å².